The molecule has 0 fully saturated rings. The third-order valence-electron chi connectivity index (χ3n) is 12.6. The number of anilines is 6. The van der Waals surface area contributed by atoms with Crippen LogP contribution >= 0.6 is 0 Å². The maximum atomic E-state index is 2.43. The molecule has 0 aliphatic carbocycles. The van der Waals surface area contributed by atoms with Gasteiger partial charge in [0.05, 0.1) is 11.4 Å². The van der Waals surface area contributed by atoms with Crippen molar-refractivity contribution in [3.63, 3.8) is 0 Å². The molecule has 11 rings (SSSR count). The Morgan fingerprint density at radius 3 is 0.706 bits per heavy atom. The van der Waals surface area contributed by atoms with Gasteiger partial charge in [0.2, 0.25) is 0 Å². The summed E-state index contributed by atoms with van der Waals surface area (Å²) in [6.07, 6.45) is 4.60. The fourth-order valence-corrected chi connectivity index (χ4v) is 9.44. The van der Waals surface area contributed by atoms with Crippen molar-refractivity contribution in [2.75, 3.05) is 9.80 Å². The lowest BCUT2D eigenvalue weighted by Gasteiger charge is -2.33. The predicted molar refractivity (Wildman–Crippen MR) is 291 cm³/mol. The van der Waals surface area contributed by atoms with Crippen LogP contribution in [0, 0.1) is 0 Å². The number of para-hydroxylation sites is 2. The summed E-state index contributed by atoms with van der Waals surface area (Å²) >= 11 is 0. The quantitative estimate of drug-likeness (QED) is 0.0686. The van der Waals surface area contributed by atoms with Crippen LogP contribution in [0.5, 0.6) is 0 Å². The topological polar surface area (TPSA) is 6.48 Å². The summed E-state index contributed by atoms with van der Waals surface area (Å²) in [7, 11) is 0. The minimum Gasteiger partial charge on any atom is -0.309 e. The van der Waals surface area contributed by atoms with Crippen molar-refractivity contribution >= 4 is 79.0 Å². The smallest absolute Gasteiger partial charge is 0.0619 e. The van der Waals surface area contributed by atoms with Crippen molar-refractivity contribution < 1.29 is 0 Å². The summed E-state index contributed by atoms with van der Waals surface area (Å²) < 4.78 is 0. The van der Waals surface area contributed by atoms with Crippen molar-refractivity contribution in [3.05, 3.63) is 312 Å². The molecule has 0 amide bonds. The van der Waals surface area contributed by atoms with Gasteiger partial charge in [0.1, 0.15) is 0 Å². The summed E-state index contributed by atoms with van der Waals surface area (Å²) in [6, 6.07) is 100.0. The van der Waals surface area contributed by atoms with Gasteiger partial charge in [-0.05, 0) is 105 Å². The lowest BCUT2D eigenvalue weighted by molar-refractivity contribution is 1.29. The highest BCUT2D eigenvalue weighted by atomic mass is 15.2. The van der Waals surface area contributed by atoms with Crippen LogP contribution in [-0.2, 0) is 0 Å². The average Bonchev–Trinajstić information content (AvgIpc) is 3.42. The van der Waals surface area contributed by atoms with Crippen LogP contribution in [0.25, 0.3) is 44.8 Å². The Kier molecular flexibility index (Phi) is 11.8. The Bertz CT molecular complexity index is 3120. The van der Waals surface area contributed by atoms with E-state index >= 15 is 0 Å². The van der Waals surface area contributed by atoms with Gasteiger partial charge in [0.25, 0.3) is 0 Å². The molecule has 0 spiro atoms. The van der Waals surface area contributed by atoms with Gasteiger partial charge in [-0.25, -0.2) is 0 Å². The first-order chi connectivity index (χ1) is 33.8. The third kappa shape index (κ3) is 8.51. The highest BCUT2D eigenvalue weighted by Gasteiger charge is 2.25. The first-order valence-corrected chi connectivity index (χ1v) is 23.3. The van der Waals surface area contributed by atoms with Gasteiger partial charge in [0, 0.05) is 44.3 Å². The number of rotatable bonds is 12. The molecule has 11 aromatic carbocycles. The Morgan fingerprint density at radius 1 is 0.221 bits per heavy atom. The number of benzene rings is 11. The van der Waals surface area contributed by atoms with E-state index in [2.05, 4.69) is 301 Å². The molecule has 0 heterocycles. The monoisotopic (exact) mass is 868 g/mol. The fourth-order valence-electron chi connectivity index (χ4n) is 9.44. The van der Waals surface area contributed by atoms with Crippen LogP contribution in [0.3, 0.4) is 0 Å². The Labute approximate surface area is 399 Å². The zero-order valence-electron chi connectivity index (χ0n) is 37.6. The molecular formula is C66H48N2. The Balaban J connectivity index is 1.07. The fraction of sp³-hybridized carbons (Fsp3) is 0. The molecule has 2 nitrogen and oxygen atoms in total. The van der Waals surface area contributed by atoms with Gasteiger partial charge in [-0.1, -0.05) is 231 Å². The lowest BCUT2D eigenvalue weighted by Crippen LogP contribution is -2.14. The van der Waals surface area contributed by atoms with Crippen LogP contribution in [0.1, 0.15) is 33.4 Å². The van der Waals surface area contributed by atoms with Gasteiger partial charge in [-0.2, -0.15) is 0 Å². The number of hydrogen-bond acceptors (Lipinski definition) is 2. The highest BCUT2D eigenvalue weighted by Crippen LogP contribution is 2.51. The highest BCUT2D eigenvalue weighted by molar-refractivity contribution is 6.23. The van der Waals surface area contributed by atoms with Crippen LogP contribution in [0.2, 0.25) is 0 Å². The first-order valence-electron chi connectivity index (χ1n) is 23.3. The molecule has 0 saturated heterocycles. The van der Waals surface area contributed by atoms with E-state index in [1.54, 1.807) is 0 Å². The van der Waals surface area contributed by atoms with Gasteiger partial charge in [-0.3, -0.25) is 0 Å². The van der Waals surface area contributed by atoms with E-state index in [1.165, 1.54) is 33.4 Å². The molecule has 0 atom stereocenters. The van der Waals surface area contributed by atoms with E-state index in [1.807, 2.05) is 0 Å². The van der Waals surface area contributed by atoms with Crippen molar-refractivity contribution in [1.82, 2.24) is 0 Å². The standard InChI is InChI=1S/C66H48N2/c1-7-23-51(24-8-1)63(52-25-9-2-10-26-52)47-49-39-43-57(44-40-49)67(55-31-15-5-16-32-55)65-59-35-19-21-37-61(59)66(62-38-22-20-36-60(62)65)68(56-33-17-6-18-34-56)58-45-41-50(42-46-58)48-64(53-27-11-3-12-28-53)54-29-13-4-14-30-54/h1-48H. The van der Waals surface area contributed by atoms with Gasteiger partial charge in [-0.15, -0.1) is 0 Å². The van der Waals surface area contributed by atoms with E-state index in [4.69, 9.17) is 0 Å². The van der Waals surface area contributed by atoms with E-state index in [0.717, 1.165) is 66.8 Å². The molecule has 0 unspecified atom stereocenters. The Hall–Kier alpha value is -8.98. The molecule has 0 radical (unpaired) electrons. The molecule has 11 aromatic rings. The number of fused-ring (bicyclic) bond motifs is 2. The number of nitrogens with zero attached hydrogens (tertiary/aromatic N) is 2. The summed E-state index contributed by atoms with van der Waals surface area (Å²) in [5.41, 5.74) is 16.0. The minimum atomic E-state index is 1.08. The molecule has 0 N–H and O–H groups in total. The van der Waals surface area contributed by atoms with Crippen LogP contribution < -0.4 is 9.80 Å². The van der Waals surface area contributed by atoms with Crippen LogP contribution in [0.15, 0.2) is 279 Å². The predicted octanol–water partition coefficient (Wildman–Crippen LogP) is 18.1. The lowest BCUT2D eigenvalue weighted by atomic mass is 9.94. The normalized spacial score (nSPS) is 10.9. The molecule has 0 aliphatic rings. The van der Waals surface area contributed by atoms with E-state index in [0.29, 0.717) is 0 Å². The molecule has 68 heavy (non-hydrogen) atoms. The largest absolute Gasteiger partial charge is 0.309 e. The third-order valence-corrected chi connectivity index (χ3v) is 12.6. The van der Waals surface area contributed by atoms with Crippen molar-refractivity contribution in [2.24, 2.45) is 0 Å². The van der Waals surface area contributed by atoms with Crippen molar-refractivity contribution in [1.29, 1.82) is 0 Å². The van der Waals surface area contributed by atoms with Gasteiger partial charge < -0.3 is 9.80 Å². The van der Waals surface area contributed by atoms with Gasteiger partial charge in [0.15, 0.2) is 0 Å². The van der Waals surface area contributed by atoms with Gasteiger partial charge >= 0.3 is 0 Å². The SMILES string of the molecule is C(=C(c1ccccc1)c1ccccc1)c1ccc(N(c2ccccc2)c2c3ccccc3c(N(c3ccccc3)c3ccc(C=C(c4ccccc4)c4ccccc4)cc3)c3ccccc23)cc1. The second kappa shape index (κ2) is 19.2. The molecular weight excluding hydrogens is 821 g/mol. The maximum absolute atomic E-state index is 2.43. The molecule has 0 bridgehead atoms. The van der Waals surface area contributed by atoms with Crippen LogP contribution in [-0.4, -0.2) is 0 Å². The zero-order chi connectivity index (χ0) is 45.5. The maximum Gasteiger partial charge on any atom is 0.0619 e. The summed E-state index contributed by atoms with van der Waals surface area (Å²) in [5.74, 6) is 0. The molecule has 322 valence electrons. The van der Waals surface area contributed by atoms with E-state index in [-0.39, 0.29) is 0 Å². The molecule has 0 saturated carbocycles. The van der Waals surface area contributed by atoms with E-state index in [9.17, 15) is 0 Å². The second-order valence-electron chi connectivity index (χ2n) is 16.9. The van der Waals surface area contributed by atoms with Crippen molar-refractivity contribution in [3.8, 4) is 0 Å². The molecule has 0 aromatic heterocycles. The summed E-state index contributed by atoms with van der Waals surface area (Å²) in [5, 5.41) is 4.61. The molecule has 0 aliphatic heterocycles. The second-order valence-corrected chi connectivity index (χ2v) is 16.9. The molecule has 2 heteroatoms. The number of hydrogen-bond donors (Lipinski definition) is 0. The van der Waals surface area contributed by atoms with Crippen molar-refractivity contribution in [2.45, 2.75) is 0 Å². The Morgan fingerprint density at radius 2 is 0.441 bits per heavy atom. The van der Waals surface area contributed by atoms with E-state index < -0.39 is 0 Å². The minimum absolute atomic E-state index is 1.08. The zero-order valence-corrected chi connectivity index (χ0v) is 37.6. The average molecular weight is 869 g/mol. The van der Waals surface area contributed by atoms with Crippen LogP contribution in [0.4, 0.5) is 34.1 Å². The first kappa shape index (κ1) is 41.7. The summed E-state index contributed by atoms with van der Waals surface area (Å²) in [6.45, 7) is 0. The summed E-state index contributed by atoms with van der Waals surface area (Å²) in [4.78, 5) is 4.87.